The van der Waals surface area contributed by atoms with Gasteiger partial charge in [0, 0.05) is 0 Å². The number of rotatable bonds is 2. The van der Waals surface area contributed by atoms with Gasteiger partial charge in [-0.05, 0) is 0 Å². The molecule has 0 saturated heterocycles. The van der Waals surface area contributed by atoms with Crippen LogP contribution in [0.3, 0.4) is 0 Å². The minimum atomic E-state index is 0. The van der Waals surface area contributed by atoms with Crippen molar-refractivity contribution >= 4 is 17.4 Å². The second kappa shape index (κ2) is 5.42. The molecule has 5 nitrogen and oxygen atoms in total. The standard InChI is InChI=1S/C4H3ClN4O.Na/c5-3-1-6-2-4(7-3)8-9-10;/h1-2H,(H,7,8,10);/q;+1. The van der Waals surface area contributed by atoms with Crippen molar-refractivity contribution in [3.05, 3.63) is 22.5 Å². The number of hydrogen-bond donors (Lipinski definition) is 1. The van der Waals surface area contributed by atoms with Crippen LogP contribution < -0.4 is 35.0 Å². The van der Waals surface area contributed by atoms with Crippen LogP contribution in [-0.4, -0.2) is 9.97 Å². The topological polar surface area (TPSA) is 67.2 Å². The Kier molecular flexibility index (Phi) is 5.31. The van der Waals surface area contributed by atoms with E-state index in [4.69, 9.17) is 11.6 Å². The summed E-state index contributed by atoms with van der Waals surface area (Å²) in [5, 5.41) is 2.60. The SMILES string of the molecule is O=NNc1cncc(Cl)n1.[Na+]. The van der Waals surface area contributed by atoms with Crippen molar-refractivity contribution in [2.45, 2.75) is 0 Å². The molecule has 1 aromatic heterocycles. The van der Waals surface area contributed by atoms with Gasteiger partial charge in [-0.1, -0.05) is 11.6 Å². The molecular formula is C4H3ClN4NaO+. The molecule has 0 aliphatic heterocycles. The summed E-state index contributed by atoms with van der Waals surface area (Å²) in [7, 11) is 0. The Morgan fingerprint density at radius 1 is 1.55 bits per heavy atom. The first kappa shape index (κ1) is 10.8. The van der Waals surface area contributed by atoms with E-state index in [1.165, 1.54) is 12.4 Å². The molecule has 0 aliphatic carbocycles. The van der Waals surface area contributed by atoms with Crippen LogP contribution in [0, 0.1) is 4.91 Å². The number of nitrogens with one attached hydrogen (secondary N) is 1. The van der Waals surface area contributed by atoms with Gasteiger partial charge in [0.05, 0.1) is 17.7 Å². The Labute approximate surface area is 89.8 Å². The van der Waals surface area contributed by atoms with Crippen LogP contribution in [-0.2, 0) is 0 Å². The van der Waals surface area contributed by atoms with Crippen molar-refractivity contribution in [3.63, 3.8) is 0 Å². The quantitative estimate of drug-likeness (QED) is 0.333. The first-order valence-corrected chi connectivity index (χ1v) is 2.76. The van der Waals surface area contributed by atoms with Gasteiger partial charge >= 0.3 is 29.6 Å². The Bertz CT molecular complexity index is 245. The maximum Gasteiger partial charge on any atom is 1.00 e. The summed E-state index contributed by atoms with van der Waals surface area (Å²) in [5.74, 6) is 0.238. The van der Waals surface area contributed by atoms with Crippen molar-refractivity contribution < 1.29 is 29.6 Å². The molecule has 1 aromatic rings. The molecule has 0 bridgehead atoms. The molecule has 1 N–H and O–H groups in total. The van der Waals surface area contributed by atoms with Gasteiger partial charge in [-0.25, -0.2) is 10.4 Å². The largest absolute Gasteiger partial charge is 1.00 e. The van der Waals surface area contributed by atoms with E-state index in [9.17, 15) is 4.91 Å². The average molecular weight is 182 g/mol. The minimum Gasteiger partial charge on any atom is -0.258 e. The Morgan fingerprint density at radius 2 is 2.27 bits per heavy atom. The van der Waals surface area contributed by atoms with E-state index in [0.29, 0.717) is 0 Å². The molecule has 7 heteroatoms. The zero-order chi connectivity index (χ0) is 7.40. The van der Waals surface area contributed by atoms with Gasteiger partial charge in [-0.15, -0.1) is 4.91 Å². The molecule has 0 aliphatic rings. The van der Waals surface area contributed by atoms with Crippen LogP contribution in [0.15, 0.2) is 17.7 Å². The molecule has 0 saturated carbocycles. The number of anilines is 1. The normalized spacial score (nSPS) is 8.09. The van der Waals surface area contributed by atoms with Gasteiger partial charge in [-0.3, -0.25) is 4.98 Å². The maximum atomic E-state index is 9.61. The van der Waals surface area contributed by atoms with E-state index >= 15 is 0 Å². The van der Waals surface area contributed by atoms with Gasteiger partial charge < -0.3 is 0 Å². The smallest absolute Gasteiger partial charge is 0.258 e. The first-order valence-electron chi connectivity index (χ1n) is 2.39. The van der Waals surface area contributed by atoms with E-state index < -0.39 is 0 Å². The maximum absolute atomic E-state index is 9.61. The fourth-order valence-corrected chi connectivity index (χ4v) is 0.590. The van der Waals surface area contributed by atoms with E-state index in [1.807, 2.05) is 0 Å². The Balaban J connectivity index is 0.000001000. The number of nitrogens with zero attached hydrogens (tertiary/aromatic N) is 3. The van der Waals surface area contributed by atoms with Gasteiger partial charge in [0.15, 0.2) is 5.82 Å². The molecule has 0 fully saturated rings. The minimum absolute atomic E-state index is 0. The predicted molar refractivity (Wildman–Crippen MR) is 36.5 cm³/mol. The fraction of sp³-hybridized carbons (Fsp3) is 0. The van der Waals surface area contributed by atoms with Crippen molar-refractivity contribution in [1.29, 1.82) is 0 Å². The van der Waals surface area contributed by atoms with E-state index in [-0.39, 0.29) is 40.5 Å². The van der Waals surface area contributed by atoms with Crippen LogP contribution in [0.5, 0.6) is 0 Å². The van der Waals surface area contributed by atoms with Crippen molar-refractivity contribution in [2.24, 2.45) is 5.29 Å². The Morgan fingerprint density at radius 3 is 2.82 bits per heavy atom. The van der Waals surface area contributed by atoms with Crippen LogP contribution >= 0.6 is 11.6 Å². The first-order chi connectivity index (χ1) is 4.83. The van der Waals surface area contributed by atoms with Gasteiger partial charge in [0.25, 0.3) is 0 Å². The van der Waals surface area contributed by atoms with Gasteiger partial charge in [0.1, 0.15) is 5.15 Å². The zero-order valence-corrected chi connectivity index (χ0v) is 8.54. The number of aromatic nitrogens is 2. The third-order valence-corrected chi connectivity index (χ3v) is 0.947. The van der Waals surface area contributed by atoms with Crippen LogP contribution in [0.25, 0.3) is 0 Å². The van der Waals surface area contributed by atoms with E-state index in [0.717, 1.165) is 0 Å². The van der Waals surface area contributed by atoms with Crippen LogP contribution in [0.1, 0.15) is 0 Å². The summed E-state index contributed by atoms with van der Waals surface area (Å²) >= 11 is 5.42. The molecule has 0 radical (unpaired) electrons. The van der Waals surface area contributed by atoms with Crippen molar-refractivity contribution in [3.8, 4) is 0 Å². The van der Waals surface area contributed by atoms with Crippen LogP contribution in [0.4, 0.5) is 5.82 Å². The summed E-state index contributed by atoms with van der Waals surface area (Å²) in [6.07, 6.45) is 2.70. The molecule has 0 atom stereocenters. The molecule has 0 spiro atoms. The molecule has 1 rings (SSSR count). The second-order valence-corrected chi connectivity index (χ2v) is 1.82. The molecule has 1 heterocycles. The summed E-state index contributed by atoms with van der Waals surface area (Å²) in [6.45, 7) is 0. The number of halogens is 1. The van der Waals surface area contributed by atoms with Crippen LogP contribution in [0.2, 0.25) is 5.15 Å². The zero-order valence-electron chi connectivity index (χ0n) is 5.78. The molecule has 0 amide bonds. The average Bonchev–Trinajstić information content (AvgIpc) is 1.88. The third-order valence-electron chi connectivity index (χ3n) is 0.765. The predicted octanol–water partition coefficient (Wildman–Crippen LogP) is -1.77. The van der Waals surface area contributed by atoms with E-state index in [1.54, 1.807) is 0 Å². The van der Waals surface area contributed by atoms with Crippen molar-refractivity contribution in [2.75, 3.05) is 5.43 Å². The molecule has 52 valence electrons. The fourth-order valence-electron chi connectivity index (χ4n) is 0.443. The summed E-state index contributed by atoms with van der Waals surface area (Å²) in [4.78, 5) is 16.9. The van der Waals surface area contributed by atoms with Gasteiger partial charge in [-0.2, -0.15) is 0 Å². The molecule has 0 aromatic carbocycles. The molecular weight excluding hydrogens is 179 g/mol. The summed E-state index contributed by atoms with van der Waals surface area (Å²) in [6, 6.07) is 0. The molecule has 0 unspecified atom stereocenters. The number of nitroso groups, excluding NO2 is 1. The third kappa shape index (κ3) is 3.62. The summed E-state index contributed by atoms with van der Waals surface area (Å²) < 4.78 is 0. The van der Waals surface area contributed by atoms with E-state index in [2.05, 4.69) is 20.7 Å². The van der Waals surface area contributed by atoms with Gasteiger partial charge in [0.2, 0.25) is 0 Å². The summed E-state index contributed by atoms with van der Waals surface area (Å²) in [5.41, 5.74) is 2.06. The second-order valence-electron chi connectivity index (χ2n) is 1.43. The Hall–Kier alpha value is -0.230. The monoisotopic (exact) mass is 181 g/mol. The molecule has 11 heavy (non-hydrogen) atoms. The number of hydrogen-bond acceptors (Lipinski definition) is 4. The van der Waals surface area contributed by atoms with Crippen molar-refractivity contribution in [1.82, 2.24) is 9.97 Å².